The van der Waals surface area contributed by atoms with Crippen LogP contribution in [-0.2, 0) is 6.54 Å². The second-order valence-electron chi connectivity index (χ2n) is 11.0. The van der Waals surface area contributed by atoms with Crippen molar-refractivity contribution in [1.29, 1.82) is 0 Å². The van der Waals surface area contributed by atoms with Crippen molar-refractivity contribution < 1.29 is 14.3 Å². The molecule has 226 valence electrons. The maximum Gasteiger partial charge on any atom is 0.346 e. The summed E-state index contributed by atoms with van der Waals surface area (Å²) in [6, 6.07) is 13.4. The van der Waals surface area contributed by atoms with E-state index in [0.29, 0.717) is 40.4 Å². The highest BCUT2D eigenvalue weighted by Gasteiger charge is 2.30. The molecule has 2 aromatic carbocycles. The molecule has 0 spiro atoms. The molecule has 13 heteroatoms. The summed E-state index contributed by atoms with van der Waals surface area (Å²) >= 11 is 0. The summed E-state index contributed by atoms with van der Waals surface area (Å²) in [7, 11) is 3.36. The number of aromatic nitrogens is 7. The number of carbonyl (C=O) groups is 2. The topological polar surface area (TPSA) is 159 Å². The number of ether oxygens (including phenoxy) is 1. The Morgan fingerprint density at radius 2 is 1.84 bits per heavy atom. The molecule has 2 amide bonds. The van der Waals surface area contributed by atoms with Gasteiger partial charge in [0, 0.05) is 25.2 Å². The van der Waals surface area contributed by atoms with Crippen LogP contribution in [-0.4, -0.2) is 71.6 Å². The number of fused-ring (bicyclic) bond motifs is 1. The van der Waals surface area contributed by atoms with Gasteiger partial charge in [-0.15, -0.1) is 0 Å². The summed E-state index contributed by atoms with van der Waals surface area (Å²) in [6.45, 7) is 2.29. The second-order valence-corrected chi connectivity index (χ2v) is 11.0. The fourth-order valence-electron chi connectivity index (χ4n) is 5.82. The van der Waals surface area contributed by atoms with E-state index in [1.54, 1.807) is 25.1 Å². The number of nitrogens with two attached hydrogens (primary N) is 1. The van der Waals surface area contributed by atoms with Crippen molar-refractivity contribution >= 4 is 28.8 Å². The van der Waals surface area contributed by atoms with E-state index in [1.807, 2.05) is 48.0 Å². The molecule has 3 N–H and O–H groups in total. The molecule has 6 rings (SSSR count). The lowest BCUT2D eigenvalue weighted by molar-refractivity contribution is 0.0947. The maximum absolute atomic E-state index is 12.9. The zero-order valence-electron chi connectivity index (χ0n) is 24.8. The van der Waals surface area contributed by atoms with Crippen LogP contribution in [0.25, 0.3) is 22.3 Å². The molecule has 0 saturated heterocycles. The second kappa shape index (κ2) is 12.1. The number of hydrogen-bond acceptors (Lipinski definition) is 9. The molecule has 1 fully saturated rings. The van der Waals surface area contributed by atoms with Crippen LogP contribution in [0.4, 0.5) is 10.6 Å². The number of amides is 2. The van der Waals surface area contributed by atoms with Crippen molar-refractivity contribution in [2.45, 2.75) is 51.2 Å². The van der Waals surface area contributed by atoms with Gasteiger partial charge in [0.15, 0.2) is 5.65 Å². The number of benzene rings is 2. The normalized spacial score (nSPS) is 16.5. The lowest BCUT2D eigenvalue weighted by Gasteiger charge is -2.34. The van der Waals surface area contributed by atoms with E-state index in [2.05, 4.69) is 25.4 Å². The molecule has 0 unspecified atom stereocenters. The monoisotopic (exact) mass is 594 g/mol. The van der Waals surface area contributed by atoms with Crippen LogP contribution in [0, 0.1) is 6.92 Å². The van der Waals surface area contributed by atoms with Crippen molar-refractivity contribution in [2.75, 3.05) is 19.9 Å². The van der Waals surface area contributed by atoms with Crippen molar-refractivity contribution in [3.05, 3.63) is 78.1 Å². The number of carbonyl (C=O) groups excluding carboxylic acids is 2. The minimum Gasteiger partial charge on any atom is -0.496 e. The molecule has 0 aliphatic heterocycles. The summed E-state index contributed by atoms with van der Waals surface area (Å²) in [6.07, 6.45) is 7.50. The lowest BCUT2D eigenvalue weighted by atomic mass is 9.90. The number of hydrogen-bond donors (Lipinski definition) is 2. The van der Waals surface area contributed by atoms with Gasteiger partial charge >= 0.3 is 6.03 Å². The van der Waals surface area contributed by atoms with E-state index in [9.17, 15) is 9.59 Å². The van der Waals surface area contributed by atoms with E-state index in [-0.39, 0.29) is 24.0 Å². The highest BCUT2D eigenvalue weighted by molar-refractivity contribution is 5.98. The van der Waals surface area contributed by atoms with Crippen LogP contribution in [0.1, 0.15) is 53.2 Å². The summed E-state index contributed by atoms with van der Waals surface area (Å²) in [5, 5.41) is 12.7. The first kappa shape index (κ1) is 28.8. The SMILES string of the molecule is COc1ccc(C)cc1C(=O)NCc1ccc(-c2nn(C3CCC(N(C)C(=O)n4cncn4)CC3)c3ncnc(N)c23)cc1. The highest BCUT2D eigenvalue weighted by atomic mass is 16.5. The Morgan fingerprint density at radius 1 is 1.07 bits per heavy atom. The summed E-state index contributed by atoms with van der Waals surface area (Å²) < 4.78 is 8.57. The van der Waals surface area contributed by atoms with Gasteiger partial charge in [-0.25, -0.2) is 24.4 Å². The molecule has 44 heavy (non-hydrogen) atoms. The van der Waals surface area contributed by atoms with Gasteiger partial charge in [0.1, 0.15) is 36.2 Å². The number of nitrogens with zero attached hydrogens (tertiary/aromatic N) is 8. The molecule has 1 saturated carbocycles. The van der Waals surface area contributed by atoms with Gasteiger partial charge in [-0.3, -0.25) is 4.79 Å². The average molecular weight is 595 g/mol. The summed E-state index contributed by atoms with van der Waals surface area (Å²) in [5.41, 5.74) is 11.0. The molecule has 3 aromatic heterocycles. The number of nitrogen functional groups attached to an aromatic ring is 1. The minimum absolute atomic E-state index is 0.0870. The molecule has 3 heterocycles. The smallest absolute Gasteiger partial charge is 0.346 e. The molecule has 1 aliphatic rings. The van der Waals surface area contributed by atoms with Gasteiger partial charge in [-0.1, -0.05) is 35.9 Å². The van der Waals surface area contributed by atoms with Crippen LogP contribution in [0.2, 0.25) is 0 Å². The number of anilines is 1. The Kier molecular flexibility index (Phi) is 7.92. The molecule has 5 aromatic rings. The van der Waals surface area contributed by atoms with Gasteiger partial charge in [-0.2, -0.15) is 14.9 Å². The van der Waals surface area contributed by atoms with Gasteiger partial charge in [0.25, 0.3) is 5.91 Å². The average Bonchev–Trinajstić information content (AvgIpc) is 3.73. The standard InChI is InChI=1S/C31H34N10O3/c1-19-4-13-25(44-3)24(14-19)30(42)34-15-20-5-7-21(8-6-20)27-26-28(32)35-17-36-29(26)41(38-27)23-11-9-22(10-12-23)39(2)31(43)40-18-33-16-37-40/h4-8,13-14,16-18,22-23H,9-12,15H2,1-3H3,(H,34,42)(H2,32,35,36). The van der Waals surface area contributed by atoms with E-state index < -0.39 is 0 Å². The molecular weight excluding hydrogens is 560 g/mol. The van der Waals surface area contributed by atoms with E-state index in [0.717, 1.165) is 42.4 Å². The molecule has 1 aliphatic carbocycles. The molecule has 0 bridgehead atoms. The first-order chi connectivity index (χ1) is 21.3. The number of methoxy groups -OCH3 is 1. The summed E-state index contributed by atoms with van der Waals surface area (Å²) in [4.78, 5) is 40.0. The van der Waals surface area contributed by atoms with Crippen molar-refractivity contribution in [3.8, 4) is 17.0 Å². The number of aryl methyl sites for hydroxylation is 1. The van der Waals surface area contributed by atoms with Crippen LogP contribution >= 0.6 is 0 Å². The lowest BCUT2D eigenvalue weighted by Crippen LogP contribution is -2.42. The highest BCUT2D eigenvalue weighted by Crippen LogP contribution is 2.37. The first-order valence-electron chi connectivity index (χ1n) is 14.5. The molecule has 0 atom stereocenters. The third-order valence-electron chi connectivity index (χ3n) is 8.27. The van der Waals surface area contributed by atoms with Crippen LogP contribution in [0.3, 0.4) is 0 Å². The van der Waals surface area contributed by atoms with Crippen LogP contribution in [0.5, 0.6) is 5.75 Å². The van der Waals surface area contributed by atoms with Gasteiger partial charge in [0.2, 0.25) is 0 Å². The fraction of sp³-hybridized carbons (Fsp3) is 0.323. The Bertz CT molecular complexity index is 1790. The van der Waals surface area contributed by atoms with Crippen molar-refractivity contribution in [3.63, 3.8) is 0 Å². The minimum atomic E-state index is -0.201. The first-order valence-corrected chi connectivity index (χ1v) is 14.5. The van der Waals surface area contributed by atoms with Crippen LogP contribution < -0.4 is 15.8 Å². The number of rotatable bonds is 7. The van der Waals surface area contributed by atoms with Crippen molar-refractivity contribution in [1.82, 2.24) is 44.7 Å². The summed E-state index contributed by atoms with van der Waals surface area (Å²) in [5.74, 6) is 0.700. The van der Waals surface area contributed by atoms with Gasteiger partial charge in [-0.05, 0) is 50.3 Å². The van der Waals surface area contributed by atoms with Gasteiger partial charge in [0.05, 0.1) is 24.1 Å². The quantitative estimate of drug-likeness (QED) is 0.284. The van der Waals surface area contributed by atoms with E-state index in [1.165, 1.54) is 23.7 Å². The molecule has 13 nitrogen and oxygen atoms in total. The van der Waals surface area contributed by atoms with E-state index >= 15 is 0 Å². The Balaban J connectivity index is 1.17. The predicted octanol–water partition coefficient (Wildman–Crippen LogP) is 4.00. The van der Waals surface area contributed by atoms with E-state index in [4.69, 9.17) is 15.6 Å². The Morgan fingerprint density at radius 3 is 2.55 bits per heavy atom. The molecule has 0 radical (unpaired) electrons. The maximum atomic E-state index is 12.9. The molecular formula is C31H34N10O3. The van der Waals surface area contributed by atoms with Crippen LogP contribution in [0.15, 0.2) is 61.4 Å². The third kappa shape index (κ3) is 5.55. The fourth-order valence-corrected chi connectivity index (χ4v) is 5.82. The van der Waals surface area contributed by atoms with Gasteiger partial charge < -0.3 is 20.7 Å². The largest absolute Gasteiger partial charge is 0.496 e. The Labute approximate surface area is 254 Å². The zero-order valence-corrected chi connectivity index (χ0v) is 24.8. The number of nitrogens with one attached hydrogen (secondary N) is 1. The Hall–Kier alpha value is -5.33. The zero-order chi connectivity index (χ0) is 30.8. The predicted molar refractivity (Wildman–Crippen MR) is 164 cm³/mol. The third-order valence-corrected chi connectivity index (χ3v) is 8.27. The van der Waals surface area contributed by atoms with Crippen molar-refractivity contribution in [2.24, 2.45) is 0 Å².